The fourth-order valence-corrected chi connectivity index (χ4v) is 4.78. The molecule has 4 rings (SSSR count). The summed E-state index contributed by atoms with van der Waals surface area (Å²) in [7, 11) is 5.65. The number of benzene rings is 1. The van der Waals surface area contributed by atoms with E-state index >= 15 is 0 Å². The van der Waals surface area contributed by atoms with E-state index in [4.69, 9.17) is 4.74 Å². The van der Waals surface area contributed by atoms with E-state index in [2.05, 4.69) is 11.9 Å². The predicted molar refractivity (Wildman–Crippen MR) is 115 cm³/mol. The molecule has 2 amide bonds. The molecule has 6 nitrogen and oxygen atoms in total. The highest BCUT2D eigenvalue weighted by atomic mass is 32.1. The molecule has 2 aromatic rings. The van der Waals surface area contributed by atoms with Crippen LogP contribution in [-0.4, -0.2) is 62.0 Å². The number of ether oxygens (including phenoxy) is 1. The SMILES string of the molecule is COc1ccc(N2C(=O)C(c3cccs3)=C(N(C)C3CCN(C)CC3)C2=O)cc1. The van der Waals surface area contributed by atoms with Crippen molar-refractivity contribution in [3.63, 3.8) is 0 Å². The molecule has 0 unspecified atom stereocenters. The fraction of sp³-hybridized carbons (Fsp3) is 0.364. The van der Waals surface area contributed by atoms with Gasteiger partial charge in [0, 0.05) is 18.0 Å². The second kappa shape index (κ2) is 8.00. The third kappa shape index (κ3) is 3.56. The number of hydrogen-bond donors (Lipinski definition) is 0. The zero-order valence-corrected chi connectivity index (χ0v) is 17.7. The number of nitrogens with zero attached hydrogens (tertiary/aromatic N) is 3. The Morgan fingerprint density at radius 1 is 1.07 bits per heavy atom. The van der Waals surface area contributed by atoms with Gasteiger partial charge in [0.25, 0.3) is 11.8 Å². The molecule has 152 valence electrons. The average molecular weight is 412 g/mol. The zero-order valence-electron chi connectivity index (χ0n) is 16.9. The van der Waals surface area contributed by atoms with Crippen LogP contribution in [0.2, 0.25) is 0 Å². The molecular formula is C22H25N3O3S. The number of likely N-dealkylation sites (tertiary alicyclic amines) is 1. The number of hydrogen-bond acceptors (Lipinski definition) is 6. The van der Waals surface area contributed by atoms with E-state index in [-0.39, 0.29) is 17.9 Å². The van der Waals surface area contributed by atoms with Crippen LogP contribution in [0.1, 0.15) is 17.7 Å². The number of amides is 2. The third-order valence-electron chi connectivity index (χ3n) is 5.75. The molecule has 0 spiro atoms. The molecule has 0 radical (unpaired) electrons. The van der Waals surface area contributed by atoms with Crippen molar-refractivity contribution in [1.29, 1.82) is 0 Å². The van der Waals surface area contributed by atoms with Crippen LogP contribution in [0.5, 0.6) is 5.75 Å². The van der Waals surface area contributed by atoms with E-state index in [1.54, 1.807) is 31.4 Å². The molecule has 0 saturated carbocycles. The molecule has 3 heterocycles. The van der Waals surface area contributed by atoms with Gasteiger partial charge in [-0.15, -0.1) is 11.3 Å². The van der Waals surface area contributed by atoms with Crippen LogP contribution in [0, 0.1) is 0 Å². The zero-order chi connectivity index (χ0) is 20.5. The lowest BCUT2D eigenvalue weighted by atomic mass is 10.0. The minimum Gasteiger partial charge on any atom is -0.497 e. The monoisotopic (exact) mass is 411 g/mol. The van der Waals surface area contributed by atoms with Crippen molar-refractivity contribution in [2.45, 2.75) is 18.9 Å². The molecule has 1 saturated heterocycles. The van der Waals surface area contributed by atoms with Crippen LogP contribution in [-0.2, 0) is 9.59 Å². The van der Waals surface area contributed by atoms with Gasteiger partial charge >= 0.3 is 0 Å². The standard InChI is InChI=1S/C22H25N3O3S/c1-23-12-10-15(11-13-23)24(2)20-19(18-5-4-14-29-18)21(26)25(22(20)27)16-6-8-17(28-3)9-7-16/h4-9,14-15H,10-13H2,1-3H3. The van der Waals surface area contributed by atoms with E-state index in [0.29, 0.717) is 22.7 Å². The molecule has 7 heteroatoms. The van der Waals surface area contributed by atoms with Gasteiger partial charge in [0.05, 0.1) is 18.4 Å². The Bertz CT molecular complexity index is 929. The van der Waals surface area contributed by atoms with Gasteiger partial charge in [-0.1, -0.05) is 6.07 Å². The van der Waals surface area contributed by atoms with Gasteiger partial charge in [-0.05, 0) is 68.7 Å². The number of anilines is 1. The molecule has 2 aliphatic heterocycles. The first-order valence-electron chi connectivity index (χ1n) is 9.73. The minimum absolute atomic E-state index is 0.240. The summed E-state index contributed by atoms with van der Waals surface area (Å²) in [5.74, 6) is 0.158. The van der Waals surface area contributed by atoms with Crippen molar-refractivity contribution < 1.29 is 14.3 Å². The van der Waals surface area contributed by atoms with Crippen LogP contribution in [0.3, 0.4) is 0 Å². The van der Waals surface area contributed by atoms with Gasteiger partial charge in [-0.25, -0.2) is 4.90 Å². The van der Waals surface area contributed by atoms with Gasteiger partial charge in [0.2, 0.25) is 0 Å². The van der Waals surface area contributed by atoms with Crippen LogP contribution in [0.25, 0.3) is 5.57 Å². The molecule has 1 fully saturated rings. The number of likely N-dealkylation sites (N-methyl/N-ethyl adjacent to an activating group) is 1. The maximum absolute atomic E-state index is 13.5. The molecule has 1 aromatic heterocycles. The number of thiophene rings is 1. The fourth-order valence-electron chi connectivity index (χ4n) is 4.02. The third-order valence-corrected chi connectivity index (χ3v) is 6.63. The van der Waals surface area contributed by atoms with E-state index in [1.807, 2.05) is 29.5 Å². The lowest BCUT2D eigenvalue weighted by molar-refractivity contribution is -0.120. The molecule has 0 aliphatic carbocycles. The largest absolute Gasteiger partial charge is 0.497 e. The topological polar surface area (TPSA) is 53.1 Å². The Hall–Kier alpha value is -2.64. The summed E-state index contributed by atoms with van der Waals surface area (Å²) < 4.78 is 5.20. The number of piperidine rings is 1. The number of carbonyl (C=O) groups is 2. The van der Waals surface area contributed by atoms with E-state index in [9.17, 15) is 9.59 Å². The quantitative estimate of drug-likeness (QED) is 0.708. The first-order valence-corrected chi connectivity index (χ1v) is 10.6. The highest BCUT2D eigenvalue weighted by molar-refractivity contribution is 7.11. The highest BCUT2D eigenvalue weighted by Gasteiger charge is 2.43. The summed E-state index contributed by atoms with van der Waals surface area (Å²) in [6, 6.07) is 11.1. The summed E-state index contributed by atoms with van der Waals surface area (Å²) in [5, 5.41) is 1.93. The second-order valence-corrected chi connectivity index (χ2v) is 8.44. The molecular weight excluding hydrogens is 386 g/mol. The van der Waals surface area contributed by atoms with Crippen molar-refractivity contribution in [1.82, 2.24) is 9.80 Å². The lowest BCUT2D eigenvalue weighted by Gasteiger charge is -2.36. The molecule has 0 atom stereocenters. The molecule has 29 heavy (non-hydrogen) atoms. The van der Waals surface area contributed by atoms with Crippen molar-refractivity contribution in [3.05, 3.63) is 52.4 Å². The summed E-state index contributed by atoms with van der Waals surface area (Å²) in [5.41, 5.74) is 1.56. The normalized spacial score (nSPS) is 18.7. The van der Waals surface area contributed by atoms with Gasteiger partial charge in [-0.3, -0.25) is 9.59 Å². The van der Waals surface area contributed by atoms with Crippen LogP contribution in [0.4, 0.5) is 5.69 Å². The number of rotatable bonds is 5. The molecule has 0 N–H and O–H groups in total. The van der Waals surface area contributed by atoms with Crippen molar-refractivity contribution in [2.75, 3.05) is 39.2 Å². The lowest BCUT2D eigenvalue weighted by Crippen LogP contribution is -2.43. The Balaban J connectivity index is 1.72. The molecule has 2 aliphatic rings. The van der Waals surface area contributed by atoms with Crippen LogP contribution in [0.15, 0.2) is 47.5 Å². The second-order valence-electron chi connectivity index (χ2n) is 7.49. The maximum atomic E-state index is 13.5. The Kier molecular flexibility index (Phi) is 5.43. The first-order chi connectivity index (χ1) is 14.0. The minimum atomic E-state index is -0.266. The van der Waals surface area contributed by atoms with Crippen molar-refractivity contribution in [2.24, 2.45) is 0 Å². The summed E-state index contributed by atoms with van der Waals surface area (Å²) in [6.07, 6.45) is 1.94. The van der Waals surface area contributed by atoms with Crippen LogP contribution < -0.4 is 9.64 Å². The number of carbonyl (C=O) groups excluding carboxylic acids is 2. The number of imide groups is 1. The smallest absolute Gasteiger partial charge is 0.282 e. The predicted octanol–water partition coefficient (Wildman–Crippen LogP) is 3.07. The van der Waals surface area contributed by atoms with Crippen molar-refractivity contribution >= 4 is 34.4 Å². The highest BCUT2D eigenvalue weighted by Crippen LogP contribution is 2.37. The summed E-state index contributed by atoms with van der Waals surface area (Å²) in [4.78, 5) is 33.3. The van der Waals surface area contributed by atoms with Crippen molar-refractivity contribution in [3.8, 4) is 5.75 Å². The van der Waals surface area contributed by atoms with Gasteiger partial charge < -0.3 is 14.5 Å². The van der Waals surface area contributed by atoms with Gasteiger partial charge in [0.15, 0.2) is 0 Å². The molecule has 1 aromatic carbocycles. The first kappa shape index (κ1) is 19.7. The average Bonchev–Trinajstić information content (AvgIpc) is 3.34. The maximum Gasteiger partial charge on any atom is 0.282 e. The van der Waals surface area contributed by atoms with Gasteiger partial charge in [0.1, 0.15) is 11.4 Å². The Morgan fingerprint density at radius 2 is 1.76 bits per heavy atom. The summed E-state index contributed by atoms with van der Waals surface area (Å²) >= 11 is 1.48. The molecule has 0 bridgehead atoms. The van der Waals surface area contributed by atoms with Crippen LogP contribution >= 0.6 is 11.3 Å². The van der Waals surface area contributed by atoms with E-state index < -0.39 is 0 Å². The Labute approximate surface area is 175 Å². The van der Waals surface area contributed by atoms with E-state index in [1.165, 1.54) is 16.2 Å². The van der Waals surface area contributed by atoms with Gasteiger partial charge in [-0.2, -0.15) is 0 Å². The van der Waals surface area contributed by atoms with E-state index in [0.717, 1.165) is 30.8 Å². The summed E-state index contributed by atoms with van der Waals surface area (Å²) in [6.45, 7) is 1.97. The number of methoxy groups -OCH3 is 1. The Morgan fingerprint density at radius 3 is 2.34 bits per heavy atom.